The number of carbonyl (C=O) groups excluding carboxylic acids is 1. The van der Waals surface area contributed by atoms with Gasteiger partial charge in [0, 0.05) is 31.6 Å². The van der Waals surface area contributed by atoms with Crippen LogP contribution < -0.4 is 10.1 Å². The van der Waals surface area contributed by atoms with Crippen molar-refractivity contribution >= 4 is 5.91 Å². The van der Waals surface area contributed by atoms with Crippen molar-refractivity contribution in [1.29, 1.82) is 0 Å². The lowest BCUT2D eigenvalue weighted by Gasteiger charge is -2.37. The Morgan fingerprint density at radius 1 is 1.42 bits per heavy atom. The third kappa shape index (κ3) is 5.80. The highest BCUT2D eigenvalue weighted by Gasteiger charge is 2.23. The highest BCUT2D eigenvalue weighted by Crippen LogP contribution is 2.13. The molecule has 134 valence electrons. The number of ether oxygens (including phenoxy) is 2. The van der Waals surface area contributed by atoms with Gasteiger partial charge in [0.15, 0.2) is 0 Å². The van der Waals surface area contributed by atoms with Crippen LogP contribution in [0.4, 0.5) is 0 Å². The zero-order valence-electron chi connectivity index (χ0n) is 15.1. The van der Waals surface area contributed by atoms with Crippen LogP contribution in [0.5, 0.6) is 5.75 Å². The summed E-state index contributed by atoms with van der Waals surface area (Å²) < 4.78 is 10.9. The minimum absolute atomic E-state index is 0.108. The first kappa shape index (κ1) is 18.7. The molecule has 0 spiro atoms. The van der Waals surface area contributed by atoms with Crippen LogP contribution in [-0.4, -0.2) is 55.8 Å². The van der Waals surface area contributed by atoms with Gasteiger partial charge in [0.25, 0.3) is 0 Å². The summed E-state index contributed by atoms with van der Waals surface area (Å²) in [6, 6.07) is 8.71. The van der Waals surface area contributed by atoms with Gasteiger partial charge >= 0.3 is 0 Å². The fraction of sp³-hybridized carbons (Fsp3) is 0.632. The number of carbonyl (C=O) groups is 1. The number of nitrogens with one attached hydrogen (secondary N) is 1. The Labute approximate surface area is 145 Å². The van der Waals surface area contributed by atoms with E-state index in [1.807, 2.05) is 31.2 Å². The van der Waals surface area contributed by atoms with Crippen molar-refractivity contribution in [2.75, 3.05) is 32.9 Å². The first-order valence-electron chi connectivity index (χ1n) is 8.92. The van der Waals surface area contributed by atoms with Gasteiger partial charge in [-0.15, -0.1) is 0 Å². The summed E-state index contributed by atoms with van der Waals surface area (Å²) in [4.78, 5) is 14.5. The van der Waals surface area contributed by atoms with Crippen molar-refractivity contribution in [2.45, 2.75) is 45.7 Å². The average molecular weight is 334 g/mol. The number of hydrogen-bond acceptors (Lipinski definition) is 4. The molecule has 1 amide bonds. The molecule has 1 aliphatic rings. The molecule has 1 N–H and O–H groups in total. The van der Waals surface area contributed by atoms with Gasteiger partial charge in [0.1, 0.15) is 5.75 Å². The molecule has 0 saturated carbocycles. The SMILES string of the molecule is CCOc1ccc(CCC(=O)NC[C@@H](C)N2CCOC[C@H]2C)cc1. The zero-order chi connectivity index (χ0) is 17.4. The molecule has 0 aliphatic carbocycles. The molecule has 24 heavy (non-hydrogen) atoms. The Morgan fingerprint density at radius 2 is 2.17 bits per heavy atom. The summed E-state index contributed by atoms with van der Waals surface area (Å²) in [5.74, 6) is 0.982. The average Bonchev–Trinajstić information content (AvgIpc) is 2.60. The molecule has 0 radical (unpaired) electrons. The van der Waals surface area contributed by atoms with Gasteiger partial charge in [0.2, 0.25) is 5.91 Å². The minimum atomic E-state index is 0.108. The maximum absolute atomic E-state index is 12.1. The topological polar surface area (TPSA) is 50.8 Å². The van der Waals surface area contributed by atoms with Crippen LogP contribution in [0.1, 0.15) is 32.8 Å². The van der Waals surface area contributed by atoms with E-state index in [1.54, 1.807) is 0 Å². The molecular weight excluding hydrogens is 304 g/mol. The van der Waals surface area contributed by atoms with Gasteiger partial charge < -0.3 is 14.8 Å². The Hall–Kier alpha value is -1.59. The van der Waals surface area contributed by atoms with Crippen LogP contribution in [0.15, 0.2) is 24.3 Å². The number of amides is 1. The summed E-state index contributed by atoms with van der Waals surface area (Å²) >= 11 is 0. The van der Waals surface area contributed by atoms with Crippen LogP contribution in [0, 0.1) is 0 Å². The van der Waals surface area contributed by atoms with Crippen molar-refractivity contribution in [3.8, 4) is 5.75 Å². The smallest absolute Gasteiger partial charge is 0.220 e. The standard InChI is InChI=1S/C19H30N2O3/c1-4-24-18-8-5-17(6-9-18)7-10-19(22)20-13-15(2)21-11-12-23-14-16(21)3/h5-6,8-9,15-16H,4,7,10-14H2,1-3H3,(H,20,22)/t15-,16-/m1/s1. The largest absolute Gasteiger partial charge is 0.494 e. The van der Waals surface area contributed by atoms with E-state index in [9.17, 15) is 4.79 Å². The highest BCUT2D eigenvalue weighted by molar-refractivity contribution is 5.76. The van der Waals surface area contributed by atoms with E-state index in [1.165, 1.54) is 0 Å². The molecule has 1 aliphatic heterocycles. The van der Waals surface area contributed by atoms with Crippen LogP contribution in [0.2, 0.25) is 0 Å². The van der Waals surface area contributed by atoms with Crippen LogP contribution in [0.25, 0.3) is 0 Å². The van der Waals surface area contributed by atoms with E-state index < -0.39 is 0 Å². The quantitative estimate of drug-likeness (QED) is 0.792. The Morgan fingerprint density at radius 3 is 2.83 bits per heavy atom. The predicted octanol–water partition coefficient (Wildman–Crippen LogP) is 2.24. The molecule has 5 nitrogen and oxygen atoms in total. The van der Waals surface area contributed by atoms with Gasteiger partial charge in [-0.2, -0.15) is 0 Å². The summed E-state index contributed by atoms with van der Waals surface area (Å²) in [6.45, 7) is 10.1. The normalized spacial score (nSPS) is 19.7. The van der Waals surface area contributed by atoms with Crippen LogP contribution in [0.3, 0.4) is 0 Å². The van der Waals surface area contributed by atoms with E-state index in [-0.39, 0.29) is 5.91 Å². The van der Waals surface area contributed by atoms with Gasteiger partial charge in [-0.3, -0.25) is 9.69 Å². The molecule has 2 rings (SSSR count). The Bertz CT molecular complexity index is 504. The van der Waals surface area contributed by atoms with Crippen LogP contribution in [-0.2, 0) is 16.0 Å². The second-order valence-electron chi connectivity index (χ2n) is 6.39. The lowest BCUT2D eigenvalue weighted by atomic mass is 10.1. The third-order valence-electron chi connectivity index (χ3n) is 4.45. The molecular formula is C19H30N2O3. The zero-order valence-corrected chi connectivity index (χ0v) is 15.1. The maximum Gasteiger partial charge on any atom is 0.220 e. The number of rotatable bonds is 8. The first-order valence-corrected chi connectivity index (χ1v) is 8.92. The monoisotopic (exact) mass is 334 g/mol. The van der Waals surface area contributed by atoms with Gasteiger partial charge in [-0.25, -0.2) is 0 Å². The molecule has 1 aromatic carbocycles. The van der Waals surface area contributed by atoms with Crippen molar-refractivity contribution < 1.29 is 14.3 Å². The van der Waals surface area contributed by atoms with E-state index in [4.69, 9.17) is 9.47 Å². The fourth-order valence-electron chi connectivity index (χ4n) is 3.04. The first-order chi connectivity index (χ1) is 11.6. The van der Waals surface area contributed by atoms with Crippen molar-refractivity contribution in [3.05, 3.63) is 29.8 Å². The molecule has 2 atom stereocenters. The minimum Gasteiger partial charge on any atom is -0.494 e. The number of benzene rings is 1. The molecule has 0 unspecified atom stereocenters. The van der Waals surface area contributed by atoms with Crippen molar-refractivity contribution in [2.24, 2.45) is 0 Å². The Balaban J connectivity index is 1.69. The Kier molecular flexibility index (Phi) is 7.53. The molecule has 1 fully saturated rings. The summed E-state index contributed by atoms with van der Waals surface area (Å²) in [5, 5.41) is 3.06. The number of nitrogens with zero attached hydrogens (tertiary/aromatic N) is 1. The second kappa shape index (κ2) is 9.64. The summed E-state index contributed by atoms with van der Waals surface area (Å²) in [6.07, 6.45) is 1.26. The van der Waals surface area contributed by atoms with E-state index in [2.05, 4.69) is 24.1 Å². The van der Waals surface area contributed by atoms with E-state index in [0.29, 0.717) is 31.7 Å². The summed E-state index contributed by atoms with van der Waals surface area (Å²) in [5.41, 5.74) is 1.16. The van der Waals surface area contributed by atoms with E-state index in [0.717, 1.165) is 37.5 Å². The van der Waals surface area contributed by atoms with Gasteiger partial charge in [0.05, 0.1) is 19.8 Å². The summed E-state index contributed by atoms with van der Waals surface area (Å²) in [7, 11) is 0. The lowest BCUT2D eigenvalue weighted by molar-refractivity contribution is -0.121. The number of hydrogen-bond donors (Lipinski definition) is 1. The number of aryl methyl sites for hydroxylation is 1. The molecule has 5 heteroatoms. The van der Waals surface area contributed by atoms with Gasteiger partial charge in [-0.05, 0) is 44.9 Å². The van der Waals surface area contributed by atoms with Gasteiger partial charge in [-0.1, -0.05) is 12.1 Å². The second-order valence-corrected chi connectivity index (χ2v) is 6.39. The molecule has 0 bridgehead atoms. The molecule has 1 heterocycles. The number of morpholine rings is 1. The fourth-order valence-corrected chi connectivity index (χ4v) is 3.04. The molecule has 1 aromatic rings. The maximum atomic E-state index is 12.1. The molecule has 1 saturated heterocycles. The lowest BCUT2D eigenvalue weighted by Crippen LogP contribution is -2.51. The highest BCUT2D eigenvalue weighted by atomic mass is 16.5. The predicted molar refractivity (Wildman–Crippen MR) is 95.4 cm³/mol. The van der Waals surface area contributed by atoms with E-state index >= 15 is 0 Å². The molecule has 0 aromatic heterocycles. The van der Waals surface area contributed by atoms with Crippen LogP contribution >= 0.6 is 0 Å². The van der Waals surface area contributed by atoms with Crippen molar-refractivity contribution in [1.82, 2.24) is 10.2 Å². The third-order valence-corrected chi connectivity index (χ3v) is 4.45. The van der Waals surface area contributed by atoms with Crippen molar-refractivity contribution in [3.63, 3.8) is 0 Å².